The molecule has 0 saturated carbocycles. The zero-order valence-corrected chi connectivity index (χ0v) is 12.0. The van der Waals surface area contributed by atoms with Crippen molar-refractivity contribution in [3.05, 3.63) is 29.3 Å². The number of rotatable bonds is 7. The van der Waals surface area contributed by atoms with Gasteiger partial charge in [-0.15, -0.1) is 0 Å². The Morgan fingerprint density at radius 3 is 2.89 bits per heavy atom. The lowest BCUT2D eigenvalue weighted by Crippen LogP contribution is -2.18. The summed E-state index contributed by atoms with van der Waals surface area (Å²) in [6, 6.07) is 7.65. The van der Waals surface area contributed by atoms with Crippen LogP contribution in [0.5, 0.6) is 5.75 Å². The van der Waals surface area contributed by atoms with Gasteiger partial charge in [0.25, 0.3) is 0 Å². The van der Waals surface area contributed by atoms with Gasteiger partial charge in [0.2, 0.25) is 0 Å². The van der Waals surface area contributed by atoms with Gasteiger partial charge in [0.1, 0.15) is 5.75 Å². The van der Waals surface area contributed by atoms with E-state index in [9.17, 15) is 0 Å². The lowest BCUT2D eigenvalue weighted by atomic mass is 10.1. The van der Waals surface area contributed by atoms with Crippen LogP contribution in [0.3, 0.4) is 0 Å². The lowest BCUT2D eigenvalue weighted by molar-refractivity contribution is 0.407. The second kappa shape index (κ2) is 8.02. The highest BCUT2D eigenvalue weighted by Gasteiger charge is 2.04. The van der Waals surface area contributed by atoms with Crippen molar-refractivity contribution < 1.29 is 4.74 Å². The Morgan fingerprint density at radius 2 is 2.28 bits per heavy atom. The smallest absolute Gasteiger partial charge is 0.123 e. The average Bonchev–Trinajstić information content (AvgIpc) is 2.42. The SMILES string of the molecule is COc1ccc(C#N)cc1CNCCC(C)SC. The molecule has 0 aromatic heterocycles. The molecule has 0 aliphatic carbocycles. The number of hydrogen-bond acceptors (Lipinski definition) is 4. The predicted octanol–water partition coefficient (Wildman–Crippen LogP) is 2.80. The number of hydrogen-bond donors (Lipinski definition) is 1. The molecule has 3 nitrogen and oxygen atoms in total. The van der Waals surface area contributed by atoms with Gasteiger partial charge >= 0.3 is 0 Å². The van der Waals surface area contributed by atoms with Crippen LogP contribution in [0.4, 0.5) is 0 Å². The predicted molar refractivity (Wildman–Crippen MR) is 77.0 cm³/mol. The number of nitrogens with one attached hydrogen (secondary N) is 1. The van der Waals surface area contributed by atoms with Gasteiger partial charge in [-0.2, -0.15) is 17.0 Å². The summed E-state index contributed by atoms with van der Waals surface area (Å²) in [5, 5.41) is 12.9. The second-order valence-electron chi connectivity index (χ2n) is 4.15. The van der Waals surface area contributed by atoms with E-state index >= 15 is 0 Å². The first kappa shape index (κ1) is 14.9. The maximum absolute atomic E-state index is 8.89. The third-order valence-electron chi connectivity index (χ3n) is 2.85. The van der Waals surface area contributed by atoms with E-state index < -0.39 is 0 Å². The Labute approximate surface area is 114 Å². The van der Waals surface area contributed by atoms with Gasteiger partial charge in [0.15, 0.2) is 0 Å². The maximum atomic E-state index is 8.89. The van der Waals surface area contributed by atoms with Crippen LogP contribution in [0.15, 0.2) is 18.2 Å². The molecule has 1 N–H and O–H groups in total. The third kappa shape index (κ3) is 4.59. The van der Waals surface area contributed by atoms with E-state index in [0.29, 0.717) is 10.8 Å². The lowest BCUT2D eigenvalue weighted by Gasteiger charge is -2.11. The third-order valence-corrected chi connectivity index (χ3v) is 3.90. The Balaban J connectivity index is 2.52. The topological polar surface area (TPSA) is 45.0 Å². The highest BCUT2D eigenvalue weighted by atomic mass is 32.2. The Bertz CT molecular complexity index is 415. The quantitative estimate of drug-likeness (QED) is 0.769. The van der Waals surface area contributed by atoms with Gasteiger partial charge in [-0.1, -0.05) is 6.92 Å². The molecule has 0 spiro atoms. The summed E-state index contributed by atoms with van der Waals surface area (Å²) in [4.78, 5) is 0. The Kier molecular flexibility index (Phi) is 6.63. The molecule has 0 aliphatic heterocycles. The summed E-state index contributed by atoms with van der Waals surface area (Å²) in [6.07, 6.45) is 3.27. The molecule has 18 heavy (non-hydrogen) atoms. The standard InChI is InChI=1S/C14H20N2OS/c1-11(18-3)6-7-16-10-13-8-12(9-15)4-5-14(13)17-2/h4-5,8,11,16H,6-7,10H2,1-3H3. The van der Waals surface area contributed by atoms with Crippen LogP contribution in [-0.2, 0) is 6.54 Å². The van der Waals surface area contributed by atoms with Crippen molar-refractivity contribution in [3.8, 4) is 11.8 Å². The van der Waals surface area contributed by atoms with Crippen LogP contribution in [0.1, 0.15) is 24.5 Å². The molecule has 1 aromatic rings. The largest absolute Gasteiger partial charge is 0.496 e. The van der Waals surface area contributed by atoms with E-state index in [1.54, 1.807) is 13.2 Å². The molecule has 0 radical (unpaired) electrons. The number of methoxy groups -OCH3 is 1. The van der Waals surface area contributed by atoms with E-state index in [2.05, 4.69) is 24.6 Å². The first-order valence-electron chi connectivity index (χ1n) is 6.01. The minimum atomic E-state index is 0.671. The van der Waals surface area contributed by atoms with Crippen molar-refractivity contribution in [2.75, 3.05) is 19.9 Å². The van der Waals surface area contributed by atoms with Crippen molar-refractivity contribution in [2.24, 2.45) is 0 Å². The average molecular weight is 264 g/mol. The van der Waals surface area contributed by atoms with Crippen molar-refractivity contribution in [1.29, 1.82) is 5.26 Å². The molecule has 0 heterocycles. The Hall–Kier alpha value is -1.18. The van der Waals surface area contributed by atoms with Crippen LogP contribution in [0.2, 0.25) is 0 Å². The van der Waals surface area contributed by atoms with Crippen molar-refractivity contribution >= 4 is 11.8 Å². The zero-order chi connectivity index (χ0) is 13.4. The first-order valence-corrected chi connectivity index (χ1v) is 7.30. The highest BCUT2D eigenvalue weighted by molar-refractivity contribution is 7.99. The van der Waals surface area contributed by atoms with Crippen LogP contribution < -0.4 is 10.1 Å². The van der Waals surface area contributed by atoms with Gasteiger partial charge < -0.3 is 10.1 Å². The van der Waals surface area contributed by atoms with E-state index in [1.165, 1.54) is 0 Å². The van der Waals surface area contributed by atoms with Crippen LogP contribution in [-0.4, -0.2) is 25.2 Å². The van der Waals surface area contributed by atoms with Gasteiger partial charge in [0.05, 0.1) is 18.7 Å². The molecule has 0 bridgehead atoms. The Morgan fingerprint density at radius 1 is 1.50 bits per heavy atom. The summed E-state index contributed by atoms with van der Waals surface area (Å²) < 4.78 is 5.29. The van der Waals surface area contributed by atoms with Gasteiger partial charge in [-0.05, 0) is 37.4 Å². The molecule has 0 amide bonds. The van der Waals surface area contributed by atoms with E-state index in [0.717, 1.165) is 30.8 Å². The fourth-order valence-corrected chi connectivity index (χ4v) is 1.99. The summed E-state index contributed by atoms with van der Waals surface area (Å²) in [5.41, 5.74) is 1.71. The summed E-state index contributed by atoms with van der Waals surface area (Å²) in [7, 11) is 1.65. The molecular weight excluding hydrogens is 244 g/mol. The van der Waals surface area contributed by atoms with E-state index in [4.69, 9.17) is 10.00 Å². The molecule has 0 aliphatic rings. The fourth-order valence-electron chi connectivity index (χ4n) is 1.63. The van der Waals surface area contributed by atoms with Crippen LogP contribution >= 0.6 is 11.8 Å². The molecule has 1 rings (SSSR count). The molecule has 0 saturated heterocycles. The number of benzene rings is 1. The zero-order valence-electron chi connectivity index (χ0n) is 11.2. The summed E-state index contributed by atoms with van der Waals surface area (Å²) >= 11 is 1.88. The van der Waals surface area contributed by atoms with Gasteiger partial charge in [-0.3, -0.25) is 0 Å². The minimum Gasteiger partial charge on any atom is -0.496 e. The number of nitriles is 1. The van der Waals surface area contributed by atoms with E-state index in [-0.39, 0.29) is 0 Å². The maximum Gasteiger partial charge on any atom is 0.123 e. The minimum absolute atomic E-state index is 0.671. The van der Waals surface area contributed by atoms with Crippen molar-refractivity contribution in [3.63, 3.8) is 0 Å². The van der Waals surface area contributed by atoms with Gasteiger partial charge in [-0.25, -0.2) is 0 Å². The fraction of sp³-hybridized carbons (Fsp3) is 0.500. The molecule has 1 aromatic carbocycles. The molecule has 4 heteroatoms. The number of nitrogens with zero attached hydrogens (tertiary/aromatic N) is 1. The second-order valence-corrected chi connectivity index (χ2v) is 5.43. The molecule has 1 unspecified atom stereocenters. The summed E-state index contributed by atoms with van der Waals surface area (Å²) in [6.45, 7) is 3.94. The monoisotopic (exact) mass is 264 g/mol. The number of thioether (sulfide) groups is 1. The van der Waals surface area contributed by atoms with Crippen LogP contribution in [0, 0.1) is 11.3 Å². The number of ether oxygens (including phenoxy) is 1. The summed E-state index contributed by atoms with van der Waals surface area (Å²) in [5.74, 6) is 0.833. The van der Waals surface area contributed by atoms with E-state index in [1.807, 2.05) is 23.9 Å². The van der Waals surface area contributed by atoms with Crippen molar-refractivity contribution in [1.82, 2.24) is 5.32 Å². The molecule has 98 valence electrons. The van der Waals surface area contributed by atoms with Crippen molar-refractivity contribution in [2.45, 2.75) is 25.1 Å². The highest BCUT2D eigenvalue weighted by Crippen LogP contribution is 2.19. The molecule has 0 fully saturated rings. The van der Waals surface area contributed by atoms with Gasteiger partial charge in [0, 0.05) is 17.4 Å². The normalized spacial score (nSPS) is 11.9. The molecular formula is C14H20N2OS. The first-order chi connectivity index (χ1) is 8.71. The molecule has 1 atom stereocenters. The van der Waals surface area contributed by atoms with Crippen LogP contribution in [0.25, 0.3) is 0 Å².